The summed E-state index contributed by atoms with van der Waals surface area (Å²) >= 11 is 0. The normalized spacial score (nSPS) is 12.9. The van der Waals surface area contributed by atoms with E-state index in [-0.39, 0.29) is 11.2 Å². The molecule has 0 spiro atoms. The molecule has 5 nitrogen and oxygen atoms in total. The zero-order valence-corrected chi connectivity index (χ0v) is 12.0. The second kappa shape index (κ2) is 7.31. The molecule has 0 saturated heterocycles. The Morgan fingerprint density at radius 1 is 1.47 bits per heavy atom. The number of nitrogens with zero attached hydrogens (tertiary/aromatic N) is 2. The highest BCUT2D eigenvalue weighted by Crippen LogP contribution is 2.09. The van der Waals surface area contributed by atoms with Gasteiger partial charge in [-0.2, -0.15) is 0 Å². The van der Waals surface area contributed by atoms with Crippen LogP contribution in [0.15, 0.2) is 17.1 Å². The summed E-state index contributed by atoms with van der Waals surface area (Å²) < 4.78 is 1.74. The van der Waals surface area contributed by atoms with Gasteiger partial charge in [0, 0.05) is 24.8 Å². The lowest BCUT2D eigenvalue weighted by Crippen LogP contribution is -2.25. The van der Waals surface area contributed by atoms with Crippen LogP contribution >= 0.6 is 0 Å². The Morgan fingerprint density at radius 2 is 2.16 bits per heavy atom. The molecule has 0 fully saturated rings. The Labute approximate surface area is 114 Å². The van der Waals surface area contributed by atoms with Crippen LogP contribution in [0.1, 0.15) is 32.4 Å². The Morgan fingerprint density at radius 3 is 2.74 bits per heavy atom. The van der Waals surface area contributed by atoms with Gasteiger partial charge in [0.1, 0.15) is 0 Å². The van der Waals surface area contributed by atoms with E-state index in [4.69, 9.17) is 0 Å². The molecule has 0 radical (unpaired) electrons. The first-order valence-corrected chi connectivity index (χ1v) is 6.73. The number of pyridine rings is 1. The van der Waals surface area contributed by atoms with E-state index >= 15 is 0 Å². The molecule has 0 aliphatic rings. The molecule has 1 atom stereocenters. The zero-order valence-electron chi connectivity index (χ0n) is 12.0. The Hall–Kier alpha value is -1.33. The third-order valence-electron chi connectivity index (χ3n) is 2.98. The number of hydrogen-bond donors (Lipinski definition) is 2. The first kappa shape index (κ1) is 15.7. The number of hydrogen-bond acceptors (Lipinski definition) is 4. The summed E-state index contributed by atoms with van der Waals surface area (Å²) in [6.07, 6.45) is 3.11. The van der Waals surface area contributed by atoms with Crippen LogP contribution in [0.3, 0.4) is 0 Å². The predicted molar refractivity (Wildman–Crippen MR) is 75.3 cm³/mol. The molecule has 1 aromatic heterocycles. The van der Waals surface area contributed by atoms with Crippen molar-refractivity contribution in [1.29, 1.82) is 0 Å². The molecule has 0 amide bonds. The second-order valence-corrected chi connectivity index (χ2v) is 5.11. The molecule has 108 valence electrons. The van der Waals surface area contributed by atoms with Crippen molar-refractivity contribution < 1.29 is 10.2 Å². The van der Waals surface area contributed by atoms with Gasteiger partial charge in [-0.3, -0.25) is 4.79 Å². The largest absolute Gasteiger partial charge is 0.503 e. The summed E-state index contributed by atoms with van der Waals surface area (Å²) in [6, 6.07) is 1.44. The molecule has 0 aromatic carbocycles. The van der Waals surface area contributed by atoms with Crippen molar-refractivity contribution in [3.63, 3.8) is 0 Å². The van der Waals surface area contributed by atoms with Crippen LogP contribution in [-0.2, 0) is 13.1 Å². The summed E-state index contributed by atoms with van der Waals surface area (Å²) in [5.41, 5.74) is 0.433. The van der Waals surface area contributed by atoms with Gasteiger partial charge in [-0.05, 0) is 26.9 Å². The van der Waals surface area contributed by atoms with E-state index in [1.54, 1.807) is 11.5 Å². The van der Waals surface area contributed by atoms with Gasteiger partial charge in [0.2, 0.25) is 5.43 Å². The first-order valence-electron chi connectivity index (χ1n) is 6.73. The minimum absolute atomic E-state index is 0.277. The van der Waals surface area contributed by atoms with Crippen molar-refractivity contribution in [2.75, 3.05) is 13.6 Å². The molecule has 1 aromatic rings. The smallest absolute Gasteiger partial charge is 0.223 e. The topological polar surface area (TPSA) is 65.7 Å². The number of aromatic hydroxyl groups is 1. The Kier molecular flexibility index (Phi) is 6.05. The lowest BCUT2D eigenvalue weighted by Gasteiger charge is -2.21. The van der Waals surface area contributed by atoms with E-state index in [0.717, 1.165) is 25.1 Å². The van der Waals surface area contributed by atoms with Crippen LogP contribution in [0.5, 0.6) is 5.75 Å². The summed E-state index contributed by atoms with van der Waals surface area (Å²) in [7, 11) is 2.00. The van der Waals surface area contributed by atoms with Crippen molar-refractivity contribution in [3.8, 4) is 5.75 Å². The van der Waals surface area contributed by atoms with Crippen molar-refractivity contribution in [1.82, 2.24) is 9.47 Å². The van der Waals surface area contributed by atoms with E-state index in [1.165, 1.54) is 12.3 Å². The highest BCUT2D eigenvalue weighted by molar-refractivity contribution is 5.20. The predicted octanol–water partition coefficient (Wildman–Crippen LogP) is 1.17. The highest BCUT2D eigenvalue weighted by Gasteiger charge is 2.10. The minimum atomic E-state index is -0.526. The van der Waals surface area contributed by atoms with E-state index in [9.17, 15) is 15.0 Å². The average molecular weight is 268 g/mol. The summed E-state index contributed by atoms with van der Waals surface area (Å²) in [6.45, 7) is 5.77. The van der Waals surface area contributed by atoms with Crippen LogP contribution in [0, 0.1) is 0 Å². The minimum Gasteiger partial charge on any atom is -0.503 e. The Balaban J connectivity index is 2.90. The summed E-state index contributed by atoms with van der Waals surface area (Å²) in [5.74, 6) is -0.277. The molecule has 5 heteroatoms. The molecule has 1 unspecified atom stereocenters. The van der Waals surface area contributed by atoms with Gasteiger partial charge in [0.05, 0.1) is 12.3 Å². The molecular formula is C14H24N2O3. The Bertz CT molecular complexity index is 454. The molecule has 19 heavy (non-hydrogen) atoms. The third kappa shape index (κ3) is 5.04. The monoisotopic (exact) mass is 268 g/mol. The molecule has 1 rings (SSSR count). The quantitative estimate of drug-likeness (QED) is 0.779. The van der Waals surface area contributed by atoms with Gasteiger partial charge in [-0.25, -0.2) is 0 Å². The molecule has 0 aliphatic heterocycles. The van der Waals surface area contributed by atoms with Crippen molar-refractivity contribution in [2.24, 2.45) is 0 Å². The van der Waals surface area contributed by atoms with E-state index in [0.29, 0.717) is 13.1 Å². The molecular weight excluding hydrogens is 244 g/mol. The molecule has 0 bridgehead atoms. The van der Waals surface area contributed by atoms with Crippen LogP contribution in [0.2, 0.25) is 0 Å². The van der Waals surface area contributed by atoms with Crippen molar-refractivity contribution in [3.05, 3.63) is 28.2 Å². The maximum Gasteiger partial charge on any atom is 0.223 e. The fraction of sp³-hybridized carbons (Fsp3) is 0.643. The fourth-order valence-electron chi connectivity index (χ4n) is 1.98. The van der Waals surface area contributed by atoms with E-state index < -0.39 is 6.10 Å². The van der Waals surface area contributed by atoms with Crippen LogP contribution in [0.25, 0.3) is 0 Å². The first-order chi connectivity index (χ1) is 8.93. The molecule has 2 N–H and O–H groups in total. The van der Waals surface area contributed by atoms with Gasteiger partial charge in [0.15, 0.2) is 5.75 Å². The maximum absolute atomic E-state index is 11.5. The van der Waals surface area contributed by atoms with Gasteiger partial charge in [0.25, 0.3) is 0 Å². The van der Waals surface area contributed by atoms with Gasteiger partial charge < -0.3 is 19.7 Å². The highest BCUT2D eigenvalue weighted by atomic mass is 16.3. The lowest BCUT2D eigenvalue weighted by atomic mass is 10.2. The van der Waals surface area contributed by atoms with Crippen LogP contribution in [-0.4, -0.2) is 39.4 Å². The number of aromatic nitrogens is 1. The maximum atomic E-state index is 11.5. The fourth-order valence-corrected chi connectivity index (χ4v) is 1.98. The number of aliphatic hydroxyl groups is 1. The van der Waals surface area contributed by atoms with E-state index in [1.807, 2.05) is 7.05 Å². The van der Waals surface area contributed by atoms with Crippen molar-refractivity contribution in [2.45, 2.75) is 45.9 Å². The number of aliphatic hydroxyl groups excluding tert-OH is 1. The average Bonchev–Trinajstić information content (AvgIpc) is 2.32. The molecule has 1 heterocycles. The summed E-state index contributed by atoms with van der Waals surface area (Å²) in [5, 5.41) is 19.0. The molecule has 0 aliphatic carbocycles. The van der Waals surface area contributed by atoms with Gasteiger partial charge in [-0.15, -0.1) is 0 Å². The second-order valence-electron chi connectivity index (χ2n) is 5.11. The third-order valence-corrected chi connectivity index (χ3v) is 2.98. The van der Waals surface area contributed by atoms with E-state index in [2.05, 4.69) is 11.8 Å². The number of unbranched alkanes of at least 4 members (excludes halogenated alkanes) is 1. The standard InChI is InChI=1S/C14H24N2O3/c1-4-5-6-15(3)9-12-7-13(18)14(19)10-16(12)8-11(2)17/h7,10-11,17,19H,4-6,8-9H2,1-3H3. The lowest BCUT2D eigenvalue weighted by molar-refractivity contribution is 0.169. The van der Waals surface area contributed by atoms with Crippen LogP contribution in [0.4, 0.5) is 0 Å². The van der Waals surface area contributed by atoms with Crippen molar-refractivity contribution >= 4 is 0 Å². The SMILES string of the molecule is CCCCN(C)Cc1cc(=O)c(O)cn1CC(C)O. The summed E-state index contributed by atoms with van der Waals surface area (Å²) in [4.78, 5) is 13.7. The molecule has 0 saturated carbocycles. The van der Waals surface area contributed by atoms with Gasteiger partial charge in [-0.1, -0.05) is 13.3 Å². The van der Waals surface area contributed by atoms with Gasteiger partial charge >= 0.3 is 0 Å². The van der Waals surface area contributed by atoms with Crippen LogP contribution < -0.4 is 5.43 Å². The number of rotatable bonds is 7. The zero-order chi connectivity index (χ0) is 14.4.